The normalized spacial score (nSPS) is 28.1. The summed E-state index contributed by atoms with van der Waals surface area (Å²) >= 11 is 0. The van der Waals surface area contributed by atoms with E-state index >= 15 is 0 Å². The maximum atomic E-state index is 11.3. The van der Waals surface area contributed by atoms with Crippen LogP contribution in [0, 0.1) is 0 Å². The molecule has 1 aliphatic heterocycles. The van der Waals surface area contributed by atoms with E-state index in [0.717, 1.165) is 5.56 Å². The van der Waals surface area contributed by atoms with Gasteiger partial charge in [-0.15, -0.1) is 0 Å². The van der Waals surface area contributed by atoms with Crippen LogP contribution in [0.1, 0.15) is 12.0 Å². The average molecular weight is 242 g/mol. The van der Waals surface area contributed by atoms with E-state index in [1.165, 1.54) is 0 Å². The van der Waals surface area contributed by atoms with Gasteiger partial charge in [-0.1, -0.05) is 12.1 Å². The van der Waals surface area contributed by atoms with Crippen LogP contribution in [-0.4, -0.2) is 35.7 Å². The molecule has 1 saturated heterocycles. The van der Waals surface area contributed by atoms with Crippen LogP contribution < -0.4 is 0 Å². The molecular formula is C11H14O4S. The van der Waals surface area contributed by atoms with Crippen molar-refractivity contribution in [3.05, 3.63) is 29.8 Å². The highest BCUT2D eigenvalue weighted by atomic mass is 32.2. The van der Waals surface area contributed by atoms with Crippen LogP contribution in [-0.2, 0) is 16.3 Å². The van der Waals surface area contributed by atoms with Gasteiger partial charge in [0.1, 0.15) is 5.75 Å². The number of rotatable bonds is 2. The second-order valence-electron chi connectivity index (χ2n) is 4.41. The minimum atomic E-state index is -3.10. The van der Waals surface area contributed by atoms with E-state index in [1.54, 1.807) is 24.3 Å². The van der Waals surface area contributed by atoms with Crippen LogP contribution in [0.25, 0.3) is 0 Å². The summed E-state index contributed by atoms with van der Waals surface area (Å²) in [6, 6.07) is 6.53. The number of hydrogen-bond donors (Lipinski definition) is 2. The SMILES string of the molecule is O=S1(=O)CCC(O)(Cc2cccc(O)c2)C1. The van der Waals surface area contributed by atoms with Gasteiger partial charge in [-0.25, -0.2) is 8.42 Å². The van der Waals surface area contributed by atoms with E-state index in [-0.39, 0.29) is 30.1 Å². The van der Waals surface area contributed by atoms with Crippen molar-refractivity contribution in [2.45, 2.75) is 18.4 Å². The van der Waals surface area contributed by atoms with Gasteiger partial charge in [-0.05, 0) is 24.1 Å². The minimum Gasteiger partial charge on any atom is -0.508 e. The van der Waals surface area contributed by atoms with Crippen LogP contribution in [0.3, 0.4) is 0 Å². The van der Waals surface area contributed by atoms with Gasteiger partial charge in [-0.2, -0.15) is 0 Å². The summed E-state index contributed by atoms with van der Waals surface area (Å²) in [6.07, 6.45) is 0.533. The Kier molecular flexibility index (Phi) is 2.67. The molecule has 88 valence electrons. The van der Waals surface area contributed by atoms with E-state index in [1.807, 2.05) is 0 Å². The fourth-order valence-electron chi connectivity index (χ4n) is 2.08. The van der Waals surface area contributed by atoms with E-state index < -0.39 is 15.4 Å². The van der Waals surface area contributed by atoms with Crippen molar-refractivity contribution in [1.29, 1.82) is 0 Å². The molecule has 2 rings (SSSR count). The molecule has 0 saturated carbocycles. The number of phenols is 1. The van der Waals surface area contributed by atoms with Crippen molar-refractivity contribution < 1.29 is 18.6 Å². The quantitative estimate of drug-likeness (QED) is 0.791. The van der Waals surface area contributed by atoms with Gasteiger partial charge in [-0.3, -0.25) is 0 Å². The monoisotopic (exact) mass is 242 g/mol. The molecule has 0 bridgehead atoms. The highest BCUT2D eigenvalue weighted by Gasteiger charge is 2.40. The molecular weight excluding hydrogens is 228 g/mol. The lowest BCUT2D eigenvalue weighted by Crippen LogP contribution is -2.32. The van der Waals surface area contributed by atoms with Crippen molar-refractivity contribution in [2.75, 3.05) is 11.5 Å². The summed E-state index contributed by atoms with van der Waals surface area (Å²) in [5.74, 6) is -0.0141. The molecule has 4 nitrogen and oxygen atoms in total. The molecule has 1 aromatic rings. The van der Waals surface area contributed by atoms with Gasteiger partial charge < -0.3 is 10.2 Å². The molecule has 16 heavy (non-hydrogen) atoms. The fraction of sp³-hybridized carbons (Fsp3) is 0.455. The maximum Gasteiger partial charge on any atom is 0.153 e. The van der Waals surface area contributed by atoms with Gasteiger partial charge >= 0.3 is 0 Å². The molecule has 1 heterocycles. The van der Waals surface area contributed by atoms with Gasteiger partial charge in [0, 0.05) is 6.42 Å². The fourth-order valence-corrected chi connectivity index (χ4v) is 3.99. The molecule has 2 N–H and O–H groups in total. The van der Waals surface area contributed by atoms with Crippen LogP contribution in [0.2, 0.25) is 0 Å². The third-order valence-corrected chi connectivity index (χ3v) is 4.61. The Balaban J connectivity index is 2.16. The zero-order valence-corrected chi connectivity index (χ0v) is 9.57. The first-order valence-corrected chi connectivity index (χ1v) is 6.91. The topological polar surface area (TPSA) is 74.6 Å². The number of hydrogen-bond acceptors (Lipinski definition) is 4. The number of aromatic hydroxyl groups is 1. The number of benzene rings is 1. The van der Waals surface area contributed by atoms with Crippen LogP contribution in [0.15, 0.2) is 24.3 Å². The molecule has 0 aliphatic carbocycles. The second kappa shape index (κ2) is 3.75. The number of aliphatic hydroxyl groups is 1. The van der Waals surface area contributed by atoms with Crippen molar-refractivity contribution in [2.24, 2.45) is 0 Å². The van der Waals surface area contributed by atoms with Gasteiger partial charge in [0.05, 0.1) is 17.1 Å². The maximum absolute atomic E-state index is 11.3. The van der Waals surface area contributed by atoms with Gasteiger partial charge in [0.25, 0.3) is 0 Å². The first-order valence-electron chi connectivity index (χ1n) is 5.09. The van der Waals surface area contributed by atoms with E-state index in [4.69, 9.17) is 0 Å². The Bertz CT molecular complexity index is 494. The third-order valence-electron chi connectivity index (χ3n) is 2.81. The summed E-state index contributed by atoms with van der Waals surface area (Å²) in [4.78, 5) is 0. The van der Waals surface area contributed by atoms with Crippen molar-refractivity contribution >= 4 is 9.84 Å². The average Bonchev–Trinajstić information content (AvgIpc) is 2.40. The summed E-state index contributed by atoms with van der Waals surface area (Å²) < 4.78 is 22.6. The van der Waals surface area contributed by atoms with Crippen LogP contribution in [0.5, 0.6) is 5.75 Å². The third kappa shape index (κ3) is 2.54. The minimum absolute atomic E-state index is 0.0440. The molecule has 0 aromatic heterocycles. The molecule has 1 unspecified atom stereocenters. The summed E-state index contributed by atoms with van der Waals surface area (Å²) in [5.41, 5.74) is -0.424. The largest absolute Gasteiger partial charge is 0.508 e. The summed E-state index contributed by atoms with van der Waals surface area (Å²) in [6.45, 7) is 0. The Hall–Kier alpha value is -1.07. The van der Waals surface area contributed by atoms with Gasteiger partial charge in [0.15, 0.2) is 9.84 Å². The standard InChI is InChI=1S/C11H14O4S/c12-10-3-1-2-9(6-10)7-11(13)4-5-16(14,15)8-11/h1-3,6,12-13H,4-5,7-8H2. The lowest BCUT2D eigenvalue weighted by atomic mass is 9.94. The zero-order valence-electron chi connectivity index (χ0n) is 8.76. The molecule has 0 spiro atoms. The Morgan fingerprint density at radius 3 is 2.69 bits per heavy atom. The van der Waals surface area contributed by atoms with E-state index in [2.05, 4.69) is 0 Å². The Morgan fingerprint density at radius 2 is 2.12 bits per heavy atom. The smallest absolute Gasteiger partial charge is 0.153 e. The van der Waals surface area contributed by atoms with Crippen molar-refractivity contribution in [3.8, 4) is 5.75 Å². The lowest BCUT2D eigenvalue weighted by Gasteiger charge is -2.20. The van der Waals surface area contributed by atoms with Crippen LogP contribution >= 0.6 is 0 Å². The lowest BCUT2D eigenvalue weighted by molar-refractivity contribution is 0.0681. The molecule has 0 amide bonds. The summed E-state index contributed by atoms with van der Waals surface area (Å²) in [5, 5.41) is 19.4. The predicted molar refractivity (Wildman–Crippen MR) is 60.0 cm³/mol. The van der Waals surface area contributed by atoms with Gasteiger partial charge in [0.2, 0.25) is 0 Å². The molecule has 1 atom stereocenters. The Labute approximate surface area is 94.5 Å². The Morgan fingerprint density at radius 1 is 1.38 bits per heavy atom. The molecule has 1 aromatic carbocycles. The molecule has 5 heteroatoms. The molecule has 1 aliphatic rings. The van der Waals surface area contributed by atoms with Crippen molar-refractivity contribution in [3.63, 3.8) is 0 Å². The molecule has 0 radical (unpaired) electrons. The highest BCUT2D eigenvalue weighted by molar-refractivity contribution is 7.91. The van der Waals surface area contributed by atoms with Crippen LogP contribution in [0.4, 0.5) is 0 Å². The second-order valence-corrected chi connectivity index (χ2v) is 6.60. The van der Waals surface area contributed by atoms with E-state index in [0.29, 0.717) is 0 Å². The molecule has 1 fully saturated rings. The van der Waals surface area contributed by atoms with E-state index in [9.17, 15) is 18.6 Å². The van der Waals surface area contributed by atoms with Crippen molar-refractivity contribution in [1.82, 2.24) is 0 Å². The first-order chi connectivity index (χ1) is 7.39. The zero-order chi connectivity index (χ0) is 11.8. The predicted octanol–water partition coefficient (Wildman–Crippen LogP) is 0.484. The highest BCUT2D eigenvalue weighted by Crippen LogP contribution is 2.28. The first kappa shape index (κ1) is 11.4. The number of phenolic OH excluding ortho intramolecular Hbond substituents is 1. The number of sulfone groups is 1. The summed E-state index contributed by atoms with van der Waals surface area (Å²) in [7, 11) is -3.10.